The van der Waals surface area contributed by atoms with Crippen molar-refractivity contribution in [1.82, 2.24) is 5.32 Å². The van der Waals surface area contributed by atoms with E-state index in [9.17, 15) is 19.8 Å². The van der Waals surface area contributed by atoms with Gasteiger partial charge in [0, 0.05) is 12.8 Å². The van der Waals surface area contributed by atoms with Crippen molar-refractivity contribution >= 4 is 11.9 Å². The van der Waals surface area contributed by atoms with E-state index < -0.39 is 12.1 Å². The van der Waals surface area contributed by atoms with E-state index in [1.807, 2.05) is 6.08 Å². The minimum atomic E-state index is -0.857. The van der Waals surface area contributed by atoms with Crippen molar-refractivity contribution in [2.75, 3.05) is 13.2 Å². The summed E-state index contributed by atoms with van der Waals surface area (Å²) in [5, 5.41) is 23.0. The molecular weight excluding hydrogens is 755 g/mol. The highest BCUT2D eigenvalue weighted by molar-refractivity contribution is 5.76. The fourth-order valence-corrected chi connectivity index (χ4v) is 8.02. The van der Waals surface area contributed by atoms with Crippen LogP contribution in [0.5, 0.6) is 0 Å². The van der Waals surface area contributed by atoms with E-state index in [1.54, 1.807) is 6.08 Å². The predicted octanol–water partition coefficient (Wildman–Crippen LogP) is 16.1. The maximum absolute atomic E-state index is 12.4. The fourth-order valence-electron chi connectivity index (χ4n) is 8.02. The molecule has 0 saturated heterocycles. The first-order chi connectivity index (χ1) is 30.0. The van der Waals surface area contributed by atoms with Gasteiger partial charge >= 0.3 is 5.97 Å². The maximum Gasteiger partial charge on any atom is 0.305 e. The molecule has 0 aliphatic rings. The molecule has 0 fully saturated rings. The highest BCUT2D eigenvalue weighted by Crippen LogP contribution is 2.16. The van der Waals surface area contributed by atoms with Crippen LogP contribution in [0.4, 0.5) is 0 Å². The van der Waals surface area contributed by atoms with Gasteiger partial charge in [0.15, 0.2) is 0 Å². The van der Waals surface area contributed by atoms with Crippen molar-refractivity contribution in [3.05, 3.63) is 36.5 Å². The number of esters is 1. The van der Waals surface area contributed by atoms with Crippen molar-refractivity contribution in [2.45, 2.75) is 289 Å². The molecule has 3 N–H and O–H groups in total. The first-order valence-corrected chi connectivity index (χ1v) is 26.8. The van der Waals surface area contributed by atoms with Gasteiger partial charge in [0.25, 0.3) is 0 Å². The van der Waals surface area contributed by atoms with Gasteiger partial charge in [0.05, 0.1) is 25.4 Å². The number of ether oxygens (including phenoxy) is 1. The first kappa shape index (κ1) is 59.1. The Balaban J connectivity index is 3.48. The number of allylic oxidation sites excluding steroid dienone is 5. The van der Waals surface area contributed by atoms with Crippen LogP contribution < -0.4 is 5.32 Å². The van der Waals surface area contributed by atoms with E-state index in [0.717, 1.165) is 64.2 Å². The van der Waals surface area contributed by atoms with E-state index in [1.165, 1.54) is 186 Å². The summed E-state index contributed by atoms with van der Waals surface area (Å²) in [5.74, 6) is -0.107. The number of amides is 1. The van der Waals surface area contributed by atoms with E-state index in [4.69, 9.17) is 4.74 Å². The van der Waals surface area contributed by atoms with E-state index in [0.29, 0.717) is 19.4 Å². The summed E-state index contributed by atoms with van der Waals surface area (Å²) in [4.78, 5) is 24.5. The third-order valence-corrected chi connectivity index (χ3v) is 12.2. The zero-order chi connectivity index (χ0) is 44.4. The number of carbonyl (C=O) groups excluding carboxylic acids is 2. The number of hydrogen-bond donors (Lipinski definition) is 3. The molecule has 0 saturated carbocycles. The van der Waals surface area contributed by atoms with Crippen molar-refractivity contribution in [3.63, 3.8) is 0 Å². The summed E-state index contributed by atoms with van der Waals surface area (Å²) in [6, 6.07) is -0.642. The van der Waals surface area contributed by atoms with Crippen LogP contribution in [-0.4, -0.2) is 47.4 Å². The molecule has 358 valence electrons. The second-order valence-corrected chi connectivity index (χ2v) is 18.2. The van der Waals surface area contributed by atoms with E-state index in [2.05, 4.69) is 43.5 Å². The number of hydrogen-bond acceptors (Lipinski definition) is 5. The monoisotopic (exact) mass is 858 g/mol. The molecule has 0 aliphatic carbocycles. The molecule has 61 heavy (non-hydrogen) atoms. The van der Waals surface area contributed by atoms with Crippen LogP contribution >= 0.6 is 0 Å². The lowest BCUT2D eigenvalue weighted by Gasteiger charge is -2.20. The van der Waals surface area contributed by atoms with Crippen LogP contribution in [0, 0.1) is 0 Å². The van der Waals surface area contributed by atoms with Crippen LogP contribution in [-0.2, 0) is 14.3 Å². The number of nitrogens with one attached hydrogen (secondary N) is 1. The van der Waals surface area contributed by atoms with Crippen LogP contribution in [0.15, 0.2) is 36.5 Å². The molecule has 2 unspecified atom stereocenters. The molecule has 1 amide bonds. The Kier molecular flexibility index (Phi) is 49.1. The number of rotatable bonds is 49. The Bertz CT molecular complexity index is 993. The second-order valence-electron chi connectivity index (χ2n) is 18.2. The van der Waals surface area contributed by atoms with Crippen LogP contribution in [0.25, 0.3) is 0 Å². The van der Waals surface area contributed by atoms with Gasteiger partial charge in [0.2, 0.25) is 5.91 Å². The smallest absolute Gasteiger partial charge is 0.305 e. The lowest BCUT2D eigenvalue weighted by Crippen LogP contribution is -2.45. The lowest BCUT2D eigenvalue weighted by atomic mass is 10.0. The highest BCUT2D eigenvalue weighted by atomic mass is 16.5. The summed E-state index contributed by atoms with van der Waals surface area (Å²) in [6.45, 7) is 4.83. The highest BCUT2D eigenvalue weighted by Gasteiger charge is 2.18. The molecule has 6 nitrogen and oxygen atoms in total. The molecule has 0 rings (SSSR count). The van der Waals surface area contributed by atoms with Crippen LogP contribution in [0.2, 0.25) is 0 Å². The number of carbonyl (C=O) groups is 2. The van der Waals surface area contributed by atoms with E-state index in [-0.39, 0.29) is 18.5 Å². The van der Waals surface area contributed by atoms with Gasteiger partial charge in [-0.25, -0.2) is 0 Å². The second kappa shape index (κ2) is 50.7. The van der Waals surface area contributed by atoms with Gasteiger partial charge in [-0.2, -0.15) is 0 Å². The lowest BCUT2D eigenvalue weighted by molar-refractivity contribution is -0.143. The fraction of sp³-hybridized carbons (Fsp3) is 0.855. The molecule has 0 bridgehead atoms. The first-order valence-electron chi connectivity index (χ1n) is 26.8. The predicted molar refractivity (Wildman–Crippen MR) is 264 cm³/mol. The quantitative estimate of drug-likeness (QED) is 0.0322. The topological polar surface area (TPSA) is 95.9 Å². The van der Waals surface area contributed by atoms with Gasteiger partial charge in [-0.05, 0) is 64.2 Å². The van der Waals surface area contributed by atoms with Crippen LogP contribution in [0.3, 0.4) is 0 Å². The van der Waals surface area contributed by atoms with Crippen molar-refractivity contribution < 1.29 is 24.5 Å². The molecule has 6 heteroatoms. The van der Waals surface area contributed by atoms with Gasteiger partial charge in [-0.15, -0.1) is 0 Å². The van der Waals surface area contributed by atoms with Crippen LogP contribution in [0.1, 0.15) is 277 Å². The molecule has 0 aromatic heterocycles. The van der Waals surface area contributed by atoms with E-state index >= 15 is 0 Å². The van der Waals surface area contributed by atoms with Gasteiger partial charge in [-0.1, -0.05) is 237 Å². The molecule has 2 atom stereocenters. The third kappa shape index (κ3) is 47.4. The Labute approximate surface area is 379 Å². The van der Waals surface area contributed by atoms with Gasteiger partial charge in [0.1, 0.15) is 0 Å². The van der Waals surface area contributed by atoms with Crippen molar-refractivity contribution in [3.8, 4) is 0 Å². The Morgan fingerprint density at radius 2 is 0.820 bits per heavy atom. The number of aliphatic hydroxyl groups is 2. The standard InChI is InChI=1S/C55H103NO5/c1-3-5-7-9-11-13-15-17-19-20-21-22-23-25-29-33-37-41-45-49-55(60)61-50-46-42-38-34-30-26-28-32-36-40-44-48-54(59)56-52(51-57)53(58)47-43-39-35-31-27-24-18-16-14-12-10-8-6-4-2/h11,13,17,19,43,47,52-53,57-58H,3-10,12,14-16,18,20-42,44-46,48-51H2,1-2H3,(H,56,59)/b13-11-,19-17-,47-43+. The molecule has 0 radical (unpaired) electrons. The SMILES string of the molecule is CCCCC/C=C\C/C=C\CCCCCCCCCCCC(=O)OCCCCCCCCCCCCCC(=O)NC(CO)C(O)/C=C/CCCCCCCCCCCCCC. The molecular formula is C55H103NO5. The third-order valence-electron chi connectivity index (χ3n) is 12.2. The zero-order valence-corrected chi connectivity index (χ0v) is 40.6. The summed E-state index contributed by atoms with van der Waals surface area (Å²) >= 11 is 0. The minimum absolute atomic E-state index is 0.0196. The zero-order valence-electron chi connectivity index (χ0n) is 40.6. The molecule has 0 aromatic carbocycles. The number of aliphatic hydroxyl groups excluding tert-OH is 2. The summed E-state index contributed by atoms with van der Waals surface area (Å²) in [7, 11) is 0. The average Bonchev–Trinajstić information content (AvgIpc) is 3.26. The molecule has 0 aliphatic heterocycles. The van der Waals surface area contributed by atoms with Crippen molar-refractivity contribution in [1.29, 1.82) is 0 Å². The largest absolute Gasteiger partial charge is 0.466 e. The summed E-state index contributed by atoms with van der Waals surface area (Å²) < 4.78 is 5.47. The normalized spacial score (nSPS) is 12.9. The molecule has 0 heterocycles. The summed E-state index contributed by atoms with van der Waals surface area (Å²) in [6.07, 6.45) is 61.4. The molecule has 0 spiro atoms. The van der Waals surface area contributed by atoms with Gasteiger partial charge in [-0.3, -0.25) is 9.59 Å². The Hall–Kier alpha value is -1.92. The van der Waals surface area contributed by atoms with Crippen molar-refractivity contribution in [2.24, 2.45) is 0 Å². The Morgan fingerprint density at radius 1 is 0.459 bits per heavy atom. The molecule has 0 aromatic rings. The average molecular weight is 858 g/mol. The summed E-state index contributed by atoms with van der Waals surface area (Å²) in [5.41, 5.74) is 0. The minimum Gasteiger partial charge on any atom is -0.466 e. The Morgan fingerprint density at radius 3 is 1.28 bits per heavy atom. The van der Waals surface area contributed by atoms with Gasteiger partial charge < -0.3 is 20.3 Å². The maximum atomic E-state index is 12.4. The number of unbranched alkanes of at least 4 members (excludes halogenated alkanes) is 34.